The number of phenolic OH excluding ortho intramolecular Hbond substituents is 1. The van der Waals surface area contributed by atoms with Crippen LogP contribution in [0.1, 0.15) is 40.3 Å². The number of amides is 1. The van der Waals surface area contributed by atoms with E-state index in [4.69, 9.17) is 4.74 Å². The molecule has 2 aromatic heterocycles. The number of nitrogens with zero attached hydrogens (tertiary/aromatic N) is 3. The van der Waals surface area contributed by atoms with E-state index in [1.54, 1.807) is 56.0 Å². The number of fused-ring (bicyclic) bond motifs is 1. The second kappa shape index (κ2) is 8.18. The third-order valence-electron chi connectivity index (χ3n) is 6.45. The van der Waals surface area contributed by atoms with Gasteiger partial charge in [-0.05, 0) is 52.6 Å². The van der Waals surface area contributed by atoms with Crippen molar-refractivity contribution in [2.24, 2.45) is 0 Å². The molecule has 1 aliphatic heterocycles. The number of benzene rings is 2. The Morgan fingerprint density at radius 2 is 1.94 bits per heavy atom. The number of aromatic amines is 1. The van der Waals surface area contributed by atoms with Crippen LogP contribution in [0.4, 0.5) is 5.69 Å². The lowest BCUT2D eigenvalue weighted by atomic mass is 9.78. The van der Waals surface area contributed by atoms with Crippen LogP contribution in [0.15, 0.2) is 79.5 Å². The van der Waals surface area contributed by atoms with E-state index in [0.29, 0.717) is 6.42 Å². The Bertz CT molecular complexity index is 1290. The fraction of sp³-hybridized carbons (Fsp3) is 0.192. The van der Waals surface area contributed by atoms with E-state index < -0.39 is 5.60 Å². The van der Waals surface area contributed by atoms with Gasteiger partial charge >= 0.3 is 0 Å². The van der Waals surface area contributed by atoms with E-state index in [0.717, 1.165) is 33.6 Å². The summed E-state index contributed by atoms with van der Waals surface area (Å²) in [4.78, 5) is 26.1. The number of imidazole rings is 1. The average molecular weight is 441 g/mol. The normalized spacial score (nSPS) is 17.5. The highest BCUT2D eigenvalue weighted by Crippen LogP contribution is 2.45. The van der Waals surface area contributed by atoms with Crippen LogP contribution in [0.3, 0.4) is 0 Å². The highest BCUT2D eigenvalue weighted by Gasteiger charge is 2.40. The summed E-state index contributed by atoms with van der Waals surface area (Å²) >= 11 is 0. The highest BCUT2D eigenvalue weighted by atomic mass is 16.5. The zero-order chi connectivity index (χ0) is 23.0. The van der Waals surface area contributed by atoms with Gasteiger partial charge in [-0.2, -0.15) is 0 Å². The summed E-state index contributed by atoms with van der Waals surface area (Å²) in [7, 11) is 3.44. The number of nitrogens with one attached hydrogen (secondary N) is 1. The predicted molar refractivity (Wildman–Crippen MR) is 124 cm³/mol. The lowest BCUT2D eigenvalue weighted by Gasteiger charge is -2.36. The third kappa shape index (κ3) is 3.37. The Balaban J connectivity index is 1.75. The molecule has 2 N–H and O–H groups in total. The minimum atomic E-state index is -1.04. The molecule has 7 nitrogen and oxygen atoms in total. The molecule has 0 fully saturated rings. The highest BCUT2D eigenvalue weighted by molar-refractivity contribution is 5.97. The van der Waals surface area contributed by atoms with Crippen molar-refractivity contribution >= 4 is 11.6 Å². The molecule has 5 rings (SSSR count). The average Bonchev–Trinajstić information content (AvgIpc) is 3.38. The monoisotopic (exact) mass is 440 g/mol. The molecule has 0 spiro atoms. The van der Waals surface area contributed by atoms with Crippen LogP contribution in [0.5, 0.6) is 5.75 Å². The van der Waals surface area contributed by atoms with Crippen LogP contribution in [-0.4, -0.2) is 40.1 Å². The zero-order valence-electron chi connectivity index (χ0n) is 18.4. The first kappa shape index (κ1) is 20.9. The molecule has 1 aliphatic rings. The SMILES string of the molecule is COC(c1cccc(O)c1)(c1ccc2c(c1)C(c1cccnc1)CC(=O)N2C)c1cnc[nH]1. The van der Waals surface area contributed by atoms with Gasteiger partial charge in [-0.25, -0.2) is 4.98 Å². The maximum Gasteiger partial charge on any atom is 0.227 e. The van der Waals surface area contributed by atoms with Gasteiger partial charge in [0, 0.05) is 44.6 Å². The number of ether oxygens (including phenoxy) is 1. The van der Waals surface area contributed by atoms with E-state index in [1.807, 2.05) is 36.5 Å². The molecule has 7 heteroatoms. The fourth-order valence-corrected chi connectivity index (χ4v) is 4.79. The van der Waals surface area contributed by atoms with Crippen LogP contribution < -0.4 is 4.90 Å². The molecule has 2 atom stereocenters. The van der Waals surface area contributed by atoms with Crippen molar-refractivity contribution < 1.29 is 14.6 Å². The largest absolute Gasteiger partial charge is 0.508 e. The number of phenols is 1. The molecule has 2 unspecified atom stereocenters. The Morgan fingerprint density at radius 1 is 1.09 bits per heavy atom. The maximum atomic E-state index is 12.8. The van der Waals surface area contributed by atoms with Crippen molar-refractivity contribution in [3.63, 3.8) is 0 Å². The molecule has 0 radical (unpaired) electrons. The van der Waals surface area contributed by atoms with E-state index in [1.165, 1.54) is 0 Å². The van der Waals surface area contributed by atoms with Gasteiger partial charge in [0.05, 0.1) is 18.2 Å². The summed E-state index contributed by atoms with van der Waals surface area (Å²) in [6, 6.07) is 16.9. The number of carbonyl (C=O) groups is 1. The number of carbonyl (C=O) groups excluding carboxylic acids is 1. The molecule has 33 heavy (non-hydrogen) atoms. The zero-order valence-corrected chi connectivity index (χ0v) is 18.4. The first-order valence-electron chi connectivity index (χ1n) is 10.7. The minimum Gasteiger partial charge on any atom is -0.508 e. The maximum absolute atomic E-state index is 12.8. The molecule has 4 aromatic rings. The number of rotatable bonds is 5. The number of aromatic hydroxyl groups is 1. The van der Waals surface area contributed by atoms with E-state index in [2.05, 4.69) is 21.0 Å². The molecule has 3 heterocycles. The van der Waals surface area contributed by atoms with Crippen LogP contribution in [-0.2, 0) is 15.1 Å². The molecule has 0 bridgehead atoms. The number of hydrogen-bond donors (Lipinski definition) is 2. The van der Waals surface area contributed by atoms with Gasteiger partial charge in [-0.15, -0.1) is 0 Å². The van der Waals surface area contributed by atoms with E-state index in [-0.39, 0.29) is 17.6 Å². The predicted octanol–water partition coefficient (Wildman–Crippen LogP) is 3.95. The topological polar surface area (TPSA) is 91.3 Å². The van der Waals surface area contributed by atoms with Crippen LogP contribution >= 0.6 is 0 Å². The smallest absolute Gasteiger partial charge is 0.227 e. The fourth-order valence-electron chi connectivity index (χ4n) is 4.79. The van der Waals surface area contributed by atoms with Gasteiger partial charge in [0.15, 0.2) is 5.60 Å². The number of H-pyrrole nitrogens is 1. The molecule has 0 aliphatic carbocycles. The second-order valence-corrected chi connectivity index (χ2v) is 8.17. The van der Waals surface area contributed by atoms with E-state index >= 15 is 0 Å². The van der Waals surface area contributed by atoms with Gasteiger partial charge in [0.2, 0.25) is 5.91 Å². The lowest BCUT2D eigenvalue weighted by Crippen LogP contribution is -2.35. The van der Waals surface area contributed by atoms with E-state index in [9.17, 15) is 9.90 Å². The first-order valence-corrected chi connectivity index (χ1v) is 10.7. The summed E-state index contributed by atoms with van der Waals surface area (Å²) in [5.74, 6) is 0.0754. The van der Waals surface area contributed by atoms with Crippen LogP contribution in [0, 0.1) is 0 Å². The van der Waals surface area contributed by atoms with Gasteiger partial charge in [0.1, 0.15) is 5.75 Å². The molecule has 1 amide bonds. The summed E-state index contributed by atoms with van der Waals surface area (Å²) in [6.45, 7) is 0. The number of hydrogen-bond acceptors (Lipinski definition) is 5. The first-order chi connectivity index (χ1) is 16.0. The molecule has 0 saturated heterocycles. The van der Waals surface area contributed by atoms with Gasteiger partial charge in [0.25, 0.3) is 0 Å². The van der Waals surface area contributed by atoms with Crippen LogP contribution in [0.2, 0.25) is 0 Å². The summed E-state index contributed by atoms with van der Waals surface area (Å²) in [5.41, 5.74) is 4.16. The van der Waals surface area contributed by atoms with Crippen molar-refractivity contribution in [3.8, 4) is 5.75 Å². The van der Waals surface area contributed by atoms with Gasteiger partial charge < -0.3 is 19.7 Å². The van der Waals surface area contributed by atoms with Crippen molar-refractivity contribution in [1.82, 2.24) is 15.0 Å². The van der Waals surface area contributed by atoms with Gasteiger partial charge in [-0.1, -0.05) is 24.3 Å². The molecule has 166 valence electrons. The van der Waals surface area contributed by atoms with Crippen molar-refractivity contribution in [2.45, 2.75) is 17.9 Å². The van der Waals surface area contributed by atoms with Gasteiger partial charge in [-0.3, -0.25) is 9.78 Å². The summed E-state index contributed by atoms with van der Waals surface area (Å²) in [5, 5.41) is 10.2. The summed E-state index contributed by atoms with van der Waals surface area (Å²) < 4.78 is 6.21. The van der Waals surface area contributed by atoms with Crippen molar-refractivity contribution in [2.75, 3.05) is 19.1 Å². The minimum absolute atomic E-state index is 0.0589. The Labute approximate surface area is 191 Å². The second-order valence-electron chi connectivity index (χ2n) is 8.17. The number of pyridine rings is 1. The third-order valence-corrected chi connectivity index (χ3v) is 6.45. The molecule has 2 aromatic carbocycles. The van der Waals surface area contributed by atoms with Crippen LogP contribution in [0.25, 0.3) is 0 Å². The van der Waals surface area contributed by atoms with Crippen molar-refractivity contribution in [3.05, 3.63) is 107 Å². The Kier molecular flexibility index (Phi) is 5.18. The Morgan fingerprint density at radius 3 is 2.64 bits per heavy atom. The standard InChI is InChI=1S/C26H24N4O3/c1-30-23-9-8-19(12-22(23)21(13-25(30)32)17-5-4-10-27-14-17)26(33-2,24-15-28-16-29-24)18-6-3-7-20(31)11-18/h3-12,14-16,21,31H,13H2,1-2H3,(H,28,29). The van der Waals surface area contributed by atoms with Crippen molar-refractivity contribution in [1.29, 1.82) is 0 Å². The molecule has 0 saturated carbocycles. The number of aromatic nitrogens is 3. The number of anilines is 1. The Hall–Kier alpha value is -3.97. The molecular weight excluding hydrogens is 416 g/mol. The summed E-state index contributed by atoms with van der Waals surface area (Å²) in [6.07, 6.45) is 7.23. The lowest BCUT2D eigenvalue weighted by molar-refractivity contribution is -0.118. The molecular formula is C26H24N4O3. The quantitative estimate of drug-likeness (QED) is 0.490. The number of methoxy groups -OCH3 is 1.